The van der Waals surface area contributed by atoms with E-state index in [1.807, 2.05) is 6.92 Å². The highest BCUT2D eigenvalue weighted by Gasteiger charge is 2.26. The summed E-state index contributed by atoms with van der Waals surface area (Å²) in [6.07, 6.45) is 2.03. The van der Waals surface area contributed by atoms with Crippen LogP contribution in [0.5, 0.6) is 0 Å². The van der Waals surface area contributed by atoms with Crippen LogP contribution in [0.4, 0.5) is 0 Å². The molecule has 0 aliphatic heterocycles. The topological polar surface area (TPSA) is 26.3 Å². The zero-order valence-corrected chi connectivity index (χ0v) is 23.9. The second-order valence-corrected chi connectivity index (χ2v) is 13.3. The fourth-order valence-electron chi connectivity index (χ4n) is 4.57. The first-order chi connectivity index (χ1) is 14.7. The molecule has 2 nitrogen and oxygen atoms in total. The summed E-state index contributed by atoms with van der Waals surface area (Å²) in [5.41, 5.74) is 5.15. The molecule has 0 aliphatic carbocycles. The minimum Gasteiger partial charge on any atom is -0.456 e. The van der Waals surface area contributed by atoms with Crippen LogP contribution in [-0.4, -0.2) is 21.2 Å². The van der Waals surface area contributed by atoms with E-state index in [4.69, 9.17) is 4.74 Å². The van der Waals surface area contributed by atoms with E-state index < -0.39 is 0 Å². The van der Waals surface area contributed by atoms with Crippen LogP contribution in [0.3, 0.4) is 0 Å². The van der Waals surface area contributed by atoms with Crippen molar-refractivity contribution in [3.8, 4) is 0 Å². The number of hydrogen-bond acceptors (Lipinski definition) is 2. The van der Waals surface area contributed by atoms with Crippen molar-refractivity contribution in [3.63, 3.8) is 0 Å². The van der Waals surface area contributed by atoms with E-state index in [1.165, 1.54) is 22.3 Å². The average molecular weight is 456 g/mol. The summed E-state index contributed by atoms with van der Waals surface area (Å²) in [4.78, 5) is 13.1. The molecule has 1 radical (unpaired) electrons. The Morgan fingerprint density at radius 2 is 1.25 bits per heavy atom. The van der Waals surface area contributed by atoms with Gasteiger partial charge in [0.25, 0.3) is 15.2 Å². The van der Waals surface area contributed by atoms with Crippen molar-refractivity contribution in [2.45, 2.75) is 118 Å². The molecule has 0 N–H and O–H groups in total. The van der Waals surface area contributed by atoms with Crippen LogP contribution in [-0.2, 0) is 9.53 Å². The van der Waals surface area contributed by atoms with Gasteiger partial charge in [-0.05, 0) is 63.2 Å². The highest BCUT2D eigenvalue weighted by molar-refractivity contribution is 6.54. The Morgan fingerprint density at radius 3 is 1.59 bits per heavy atom. The third kappa shape index (κ3) is 8.72. The number of benzene rings is 1. The lowest BCUT2D eigenvalue weighted by Gasteiger charge is -2.27. The highest BCUT2D eigenvalue weighted by Crippen LogP contribution is 2.37. The molecular formula is C29H48AlO2. The van der Waals surface area contributed by atoms with Crippen molar-refractivity contribution in [1.82, 2.24) is 0 Å². The first kappa shape index (κ1) is 29.0. The molecule has 32 heavy (non-hydrogen) atoms. The smallest absolute Gasteiger partial charge is 0.316 e. The zero-order valence-electron chi connectivity index (χ0n) is 22.7. The molecule has 1 aromatic carbocycles. The molecule has 0 spiro atoms. The first-order valence-electron chi connectivity index (χ1n) is 12.7. The third-order valence-corrected chi connectivity index (χ3v) is 7.77. The molecule has 0 amide bonds. The minimum absolute atomic E-state index is 0.156. The van der Waals surface area contributed by atoms with Gasteiger partial charge in [0, 0.05) is 0 Å². The number of hydrogen-bond donors (Lipinski definition) is 0. The van der Waals surface area contributed by atoms with Gasteiger partial charge in [-0.25, -0.2) is 4.79 Å². The van der Waals surface area contributed by atoms with Gasteiger partial charge in [-0.15, -0.1) is 6.58 Å². The monoisotopic (exact) mass is 455 g/mol. The lowest BCUT2D eigenvalue weighted by molar-refractivity contribution is -0.143. The van der Waals surface area contributed by atoms with Crippen molar-refractivity contribution in [3.05, 3.63) is 45.4 Å². The van der Waals surface area contributed by atoms with Crippen molar-refractivity contribution in [1.29, 1.82) is 0 Å². The van der Waals surface area contributed by atoms with E-state index in [2.05, 4.69) is 87.9 Å². The summed E-state index contributed by atoms with van der Waals surface area (Å²) in [5, 5.41) is 0. The number of carbonyl (C=O) groups is 1. The Bertz CT molecular complexity index is 719. The summed E-state index contributed by atoms with van der Waals surface area (Å²) in [7, 11) is 0. The van der Waals surface area contributed by atoms with Gasteiger partial charge in [0.05, 0.1) is 0 Å². The summed E-state index contributed by atoms with van der Waals surface area (Å²) in [6, 6.07) is 4.64. The van der Waals surface area contributed by atoms with E-state index in [0.717, 1.165) is 12.8 Å². The lowest BCUT2D eigenvalue weighted by Crippen LogP contribution is -2.21. The molecule has 0 saturated carbocycles. The normalized spacial score (nSPS) is 13.0. The third-order valence-electron chi connectivity index (χ3n) is 6.11. The van der Waals surface area contributed by atoms with Crippen LogP contribution in [0.2, 0.25) is 4.78 Å². The lowest BCUT2D eigenvalue weighted by atomic mass is 9.82. The second-order valence-electron chi connectivity index (χ2n) is 11.3. The largest absolute Gasteiger partial charge is 0.456 e. The summed E-state index contributed by atoms with van der Waals surface area (Å²) < 4.78 is 7.33. The molecule has 1 rings (SSSR count). The summed E-state index contributed by atoms with van der Waals surface area (Å²) >= 11 is -0.156. The van der Waals surface area contributed by atoms with Crippen LogP contribution in [0.15, 0.2) is 23.1 Å². The van der Waals surface area contributed by atoms with Gasteiger partial charge in [0.2, 0.25) is 0 Å². The molecule has 0 aromatic heterocycles. The van der Waals surface area contributed by atoms with Gasteiger partial charge in [-0.1, -0.05) is 99.0 Å². The van der Waals surface area contributed by atoms with Gasteiger partial charge in [-0.2, -0.15) is 0 Å². The fraction of sp³-hybridized carbons (Fsp3) is 0.690. The van der Waals surface area contributed by atoms with Crippen LogP contribution in [0, 0.1) is 11.8 Å². The van der Waals surface area contributed by atoms with Gasteiger partial charge in [-0.3, -0.25) is 0 Å². The predicted octanol–water partition coefficient (Wildman–Crippen LogP) is 8.76. The van der Waals surface area contributed by atoms with Crippen LogP contribution in [0.25, 0.3) is 0 Å². The number of rotatable bonds is 12. The average Bonchev–Trinajstić information content (AvgIpc) is 2.65. The molecule has 0 bridgehead atoms. The summed E-state index contributed by atoms with van der Waals surface area (Å²) in [5.74, 6) is 2.28. The highest BCUT2D eigenvalue weighted by atomic mass is 27.1. The fourth-order valence-corrected chi connectivity index (χ4v) is 6.71. The van der Waals surface area contributed by atoms with Gasteiger partial charge >= 0.3 is 5.97 Å². The van der Waals surface area contributed by atoms with Gasteiger partial charge in [0.1, 0.15) is 6.10 Å². The number of esters is 1. The quantitative estimate of drug-likeness (QED) is 0.179. The van der Waals surface area contributed by atoms with E-state index in [1.54, 1.807) is 0 Å². The van der Waals surface area contributed by atoms with Crippen molar-refractivity contribution in [2.75, 3.05) is 0 Å². The minimum atomic E-state index is -0.275. The molecule has 1 atom stereocenters. The van der Waals surface area contributed by atoms with Crippen LogP contribution in [0.1, 0.15) is 135 Å². The van der Waals surface area contributed by atoms with E-state index in [0.29, 0.717) is 38.8 Å². The Morgan fingerprint density at radius 1 is 0.812 bits per heavy atom. The molecule has 0 aliphatic rings. The predicted molar refractivity (Wildman–Crippen MR) is 141 cm³/mol. The standard InChI is InChI=1S/C20H29O2.C9H19.Al/c1-9-19(21)22-15(8)20-17(13(4)5)10-16(12(2)3)11-18(20)14(6)7;1-8(2)6-5-7-9(3)4;/h10-15H,1H2,2-8H3;5,8-9H,6-7H2,1-4H3;/t15-;;/m0../s1. The number of carbonyl (C=O) groups excluding carboxylic acids is 1. The molecule has 0 saturated heterocycles. The van der Waals surface area contributed by atoms with Crippen LogP contribution >= 0.6 is 0 Å². The maximum atomic E-state index is 13.1. The first-order valence-corrected chi connectivity index (χ1v) is 13.9. The number of ether oxygens (including phenoxy) is 1. The van der Waals surface area contributed by atoms with Crippen molar-refractivity contribution >= 4 is 21.2 Å². The van der Waals surface area contributed by atoms with E-state index >= 15 is 0 Å². The zero-order chi connectivity index (χ0) is 24.7. The van der Waals surface area contributed by atoms with E-state index in [-0.39, 0.29) is 27.3 Å². The Labute approximate surface area is 205 Å². The Balaban J connectivity index is 3.15. The molecular weight excluding hydrogens is 407 g/mol. The van der Waals surface area contributed by atoms with Crippen molar-refractivity contribution < 1.29 is 9.53 Å². The molecule has 0 heterocycles. The van der Waals surface area contributed by atoms with Gasteiger partial charge < -0.3 is 4.74 Å². The molecule has 3 heteroatoms. The van der Waals surface area contributed by atoms with Crippen LogP contribution < -0.4 is 0 Å². The maximum Gasteiger partial charge on any atom is 0.316 e. The molecule has 1 aromatic rings. The second kappa shape index (κ2) is 13.0. The molecule has 0 fully saturated rings. The summed E-state index contributed by atoms with van der Waals surface area (Å²) in [6.45, 7) is 28.6. The van der Waals surface area contributed by atoms with Crippen molar-refractivity contribution in [2.24, 2.45) is 11.8 Å². The Hall–Kier alpha value is -1.04. The Kier molecular flexibility index (Phi) is 11.8. The van der Waals surface area contributed by atoms with E-state index in [9.17, 15) is 4.79 Å². The maximum absolute atomic E-state index is 13.1. The molecule has 0 unspecified atom stereocenters. The SMILES string of the molecule is C=[C]([Al][CH](CC(C)C)CC(C)C)C(=O)O[C@@H](C)c1c(C(C)C)cc(C(C)C)cc1C(C)C. The van der Waals surface area contributed by atoms with Gasteiger partial charge in [0.15, 0.2) is 0 Å². The molecule has 179 valence electrons.